The number of rotatable bonds is 10. The van der Waals surface area contributed by atoms with Gasteiger partial charge in [0.1, 0.15) is 6.79 Å². The van der Waals surface area contributed by atoms with Gasteiger partial charge in [-0.15, -0.1) is 0 Å². The maximum absolute atomic E-state index is 8.51. The molecule has 0 aromatic carbocycles. The molecule has 0 atom stereocenters. The van der Waals surface area contributed by atoms with Crippen LogP contribution in [0.1, 0.15) is 39.0 Å². The number of hydrogen-bond donors (Lipinski definition) is 1. The molecule has 0 rings (SSSR count). The summed E-state index contributed by atoms with van der Waals surface area (Å²) in [5.74, 6) is 0. The van der Waals surface area contributed by atoms with Gasteiger partial charge >= 0.3 is 0 Å². The van der Waals surface area contributed by atoms with E-state index >= 15 is 0 Å². The predicted octanol–water partition coefficient (Wildman–Crippen LogP) is 1.94. The first kappa shape index (κ1) is 12.9. The van der Waals surface area contributed by atoms with Crippen molar-refractivity contribution in [1.82, 2.24) is 0 Å². The number of aliphatic hydroxyl groups is 1. The smallest absolute Gasteiger partial charge is 0.146 e. The molecule has 3 heteroatoms. The van der Waals surface area contributed by atoms with Gasteiger partial charge in [-0.05, 0) is 19.3 Å². The first-order valence-electron chi connectivity index (χ1n) is 5.18. The summed E-state index contributed by atoms with van der Waals surface area (Å²) in [7, 11) is 0. The Labute approximate surface area is 81.0 Å². The van der Waals surface area contributed by atoms with Crippen molar-refractivity contribution in [3.05, 3.63) is 0 Å². The Bertz CT molecular complexity index is 76.2. The van der Waals surface area contributed by atoms with E-state index < -0.39 is 0 Å². The highest BCUT2D eigenvalue weighted by atomic mass is 16.7. The summed E-state index contributed by atoms with van der Waals surface area (Å²) in [6.07, 6.45) is 5.24. The Balaban J connectivity index is 2.76. The summed E-state index contributed by atoms with van der Waals surface area (Å²) in [6, 6.07) is 0. The standard InChI is InChI=1S/C10H22O3/c1-2-8-12-10-13-9-6-4-3-5-7-11/h11H,2-10H2,1H3. The van der Waals surface area contributed by atoms with Crippen LogP contribution in [-0.2, 0) is 9.47 Å². The Morgan fingerprint density at radius 2 is 1.62 bits per heavy atom. The van der Waals surface area contributed by atoms with E-state index in [1.807, 2.05) is 0 Å². The van der Waals surface area contributed by atoms with E-state index in [2.05, 4.69) is 6.92 Å². The number of unbranched alkanes of at least 4 members (excludes halogenated alkanes) is 3. The molecule has 1 N–H and O–H groups in total. The van der Waals surface area contributed by atoms with Gasteiger partial charge in [-0.1, -0.05) is 19.8 Å². The van der Waals surface area contributed by atoms with Crippen molar-refractivity contribution in [2.24, 2.45) is 0 Å². The fourth-order valence-corrected chi connectivity index (χ4v) is 0.991. The van der Waals surface area contributed by atoms with Gasteiger partial charge in [0.05, 0.1) is 0 Å². The summed E-state index contributed by atoms with van der Waals surface area (Å²) < 4.78 is 10.4. The van der Waals surface area contributed by atoms with Crippen molar-refractivity contribution in [3.63, 3.8) is 0 Å². The van der Waals surface area contributed by atoms with Gasteiger partial charge in [0.2, 0.25) is 0 Å². The number of hydrogen-bond acceptors (Lipinski definition) is 3. The lowest BCUT2D eigenvalue weighted by Crippen LogP contribution is -2.02. The second kappa shape index (κ2) is 11.9. The van der Waals surface area contributed by atoms with Crippen molar-refractivity contribution >= 4 is 0 Å². The van der Waals surface area contributed by atoms with E-state index in [1.54, 1.807) is 0 Å². The minimum atomic E-state index is 0.306. The minimum absolute atomic E-state index is 0.306. The molecule has 0 saturated heterocycles. The van der Waals surface area contributed by atoms with Crippen LogP contribution in [0.15, 0.2) is 0 Å². The van der Waals surface area contributed by atoms with Gasteiger partial charge in [0, 0.05) is 19.8 Å². The van der Waals surface area contributed by atoms with E-state index in [0.29, 0.717) is 13.4 Å². The monoisotopic (exact) mass is 190 g/mol. The maximum atomic E-state index is 8.51. The van der Waals surface area contributed by atoms with Gasteiger partial charge in [0.25, 0.3) is 0 Å². The molecule has 0 spiro atoms. The van der Waals surface area contributed by atoms with Gasteiger partial charge in [-0.25, -0.2) is 0 Å². The number of aliphatic hydroxyl groups excluding tert-OH is 1. The molecular formula is C10H22O3. The Morgan fingerprint density at radius 1 is 0.923 bits per heavy atom. The topological polar surface area (TPSA) is 38.7 Å². The fraction of sp³-hybridized carbons (Fsp3) is 1.00. The highest BCUT2D eigenvalue weighted by Crippen LogP contribution is 1.99. The molecule has 3 nitrogen and oxygen atoms in total. The van der Waals surface area contributed by atoms with Crippen molar-refractivity contribution in [3.8, 4) is 0 Å². The van der Waals surface area contributed by atoms with E-state index in [1.165, 1.54) is 0 Å². The van der Waals surface area contributed by atoms with Crippen LogP contribution in [-0.4, -0.2) is 31.7 Å². The summed E-state index contributed by atoms with van der Waals surface area (Å²) in [5.41, 5.74) is 0. The summed E-state index contributed by atoms with van der Waals surface area (Å²) in [5, 5.41) is 8.51. The molecule has 0 amide bonds. The van der Waals surface area contributed by atoms with Gasteiger partial charge in [-0.2, -0.15) is 0 Å². The van der Waals surface area contributed by atoms with Gasteiger partial charge in [-0.3, -0.25) is 0 Å². The fourth-order valence-electron chi connectivity index (χ4n) is 0.991. The molecule has 13 heavy (non-hydrogen) atoms. The van der Waals surface area contributed by atoms with E-state index in [0.717, 1.165) is 45.3 Å². The summed E-state index contributed by atoms with van der Waals surface area (Å²) >= 11 is 0. The lowest BCUT2D eigenvalue weighted by atomic mass is 10.2. The zero-order chi connectivity index (χ0) is 9.78. The van der Waals surface area contributed by atoms with Crippen LogP contribution in [0.2, 0.25) is 0 Å². The molecule has 0 aromatic heterocycles. The quantitative estimate of drug-likeness (QED) is 0.422. The molecule has 0 saturated carbocycles. The molecule has 0 aliphatic carbocycles. The molecule has 0 unspecified atom stereocenters. The molecular weight excluding hydrogens is 168 g/mol. The normalized spacial score (nSPS) is 10.6. The third-order valence-electron chi connectivity index (χ3n) is 1.71. The average molecular weight is 190 g/mol. The zero-order valence-electron chi connectivity index (χ0n) is 8.63. The first-order chi connectivity index (χ1) is 6.41. The van der Waals surface area contributed by atoms with E-state index in [9.17, 15) is 0 Å². The first-order valence-corrected chi connectivity index (χ1v) is 5.18. The van der Waals surface area contributed by atoms with E-state index in [4.69, 9.17) is 14.6 Å². The second-order valence-corrected chi connectivity index (χ2v) is 3.07. The molecule has 0 aliphatic rings. The van der Waals surface area contributed by atoms with Crippen LogP contribution in [0.25, 0.3) is 0 Å². The van der Waals surface area contributed by atoms with Gasteiger partial charge < -0.3 is 14.6 Å². The largest absolute Gasteiger partial charge is 0.396 e. The third kappa shape index (κ3) is 11.9. The Hall–Kier alpha value is -0.120. The van der Waals surface area contributed by atoms with Crippen molar-refractivity contribution in [1.29, 1.82) is 0 Å². The molecule has 0 aromatic rings. The highest BCUT2D eigenvalue weighted by molar-refractivity contribution is 4.40. The van der Waals surface area contributed by atoms with Crippen LogP contribution < -0.4 is 0 Å². The van der Waals surface area contributed by atoms with Crippen LogP contribution in [0.5, 0.6) is 0 Å². The summed E-state index contributed by atoms with van der Waals surface area (Å²) in [6.45, 7) is 4.36. The van der Waals surface area contributed by atoms with Crippen molar-refractivity contribution in [2.75, 3.05) is 26.6 Å². The Kier molecular flexibility index (Phi) is 11.8. The SMILES string of the molecule is CCCOCOCCCCCCO. The predicted molar refractivity (Wildman–Crippen MR) is 52.6 cm³/mol. The molecule has 0 aliphatic heterocycles. The van der Waals surface area contributed by atoms with Crippen molar-refractivity contribution < 1.29 is 14.6 Å². The maximum Gasteiger partial charge on any atom is 0.146 e. The lowest BCUT2D eigenvalue weighted by molar-refractivity contribution is -0.0544. The zero-order valence-corrected chi connectivity index (χ0v) is 8.63. The third-order valence-corrected chi connectivity index (χ3v) is 1.71. The van der Waals surface area contributed by atoms with E-state index in [-0.39, 0.29) is 0 Å². The molecule has 0 radical (unpaired) electrons. The molecule has 0 bridgehead atoms. The van der Waals surface area contributed by atoms with Crippen molar-refractivity contribution in [2.45, 2.75) is 39.0 Å². The van der Waals surface area contributed by atoms with Crippen LogP contribution >= 0.6 is 0 Å². The van der Waals surface area contributed by atoms with Crippen LogP contribution in [0.3, 0.4) is 0 Å². The molecule has 80 valence electrons. The average Bonchev–Trinajstić information content (AvgIpc) is 2.16. The molecule has 0 heterocycles. The van der Waals surface area contributed by atoms with Crippen LogP contribution in [0.4, 0.5) is 0 Å². The molecule has 0 fully saturated rings. The lowest BCUT2D eigenvalue weighted by Gasteiger charge is -2.04. The number of ether oxygens (including phenoxy) is 2. The minimum Gasteiger partial charge on any atom is -0.396 e. The highest BCUT2D eigenvalue weighted by Gasteiger charge is 1.90. The summed E-state index contributed by atoms with van der Waals surface area (Å²) in [4.78, 5) is 0. The second-order valence-electron chi connectivity index (χ2n) is 3.07. The van der Waals surface area contributed by atoms with Crippen LogP contribution in [0, 0.1) is 0 Å². The van der Waals surface area contributed by atoms with Gasteiger partial charge in [0.15, 0.2) is 0 Å². The Morgan fingerprint density at radius 3 is 2.31 bits per heavy atom.